The summed E-state index contributed by atoms with van der Waals surface area (Å²) in [7, 11) is 0. The Hall–Kier alpha value is -3.80. The average Bonchev–Trinajstić information content (AvgIpc) is 2.71. The first-order valence-corrected chi connectivity index (χ1v) is 8.65. The number of nitrogens with zero attached hydrogens (tertiary/aromatic N) is 2. The van der Waals surface area contributed by atoms with Crippen molar-refractivity contribution in [3.63, 3.8) is 0 Å². The van der Waals surface area contributed by atoms with Gasteiger partial charge < -0.3 is 10.1 Å². The third-order valence-corrected chi connectivity index (χ3v) is 4.20. The lowest BCUT2D eigenvalue weighted by molar-refractivity contribution is 0.102. The molecule has 0 atom stereocenters. The quantitative estimate of drug-likeness (QED) is 0.539. The summed E-state index contributed by atoms with van der Waals surface area (Å²) in [6, 6.07) is 18.8. The molecule has 0 aliphatic heterocycles. The van der Waals surface area contributed by atoms with Gasteiger partial charge in [0, 0.05) is 11.3 Å². The lowest BCUT2D eigenvalue weighted by atomic mass is 10.2. The number of para-hydroxylation sites is 1. The van der Waals surface area contributed by atoms with Crippen LogP contribution < -0.4 is 10.1 Å². The normalized spacial score (nSPS) is 10.6. The second kappa shape index (κ2) is 7.44. The second-order valence-electron chi connectivity index (χ2n) is 6.26. The summed E-state index contributed by atoms with van der Waals surface area (Å²) in [5.41, 5.74) is 2.43. The third kappa shape index (κ3) is 3.66. The zero-order chi connectivity index (χ0) is 19.5. The molecule has 0 fully saturated rings. The number of halogens is 1. The van der Waals surface area contributed by atoms with E-state index in [0.717, 1.165) is 5.56 Å². The van der Waals surface area contributed by atoms with Crippen molar-refractivity contribution in [1.82, 2.24) is 9.97 Å². The number of benzene rings is 3. The Kier molecular flexibility index (Phi) is 4.68. The van der Waals surface area contributed by atoms with Crippen molar-refractivity contribution < 1.29 is 13.9 Å². The van der Waals surface area contributed by atoms with E-state index in [1.165, 1.54) is 12.4 Å². The molecule has 0 aliphatic rings. The first kappa shape index (κ1) is 17.6. The zero-order valence-electron chi connectivity index (χ0n) is 15.0. The van der Waals surface area contributed by atoms with Crippen molar-refractivity contribution in [2.45, 2.75) is 6.92 Å². The average molecular weight is 373 g/mol. The molecule has 0 bridgehead atoms. The second-order valence-corrected chi connectivity index (χ2v) is 6.26. The molecule has 5 nitrogen and oxygen atoms in total. The number of rotatable bonds is 4. The van der Waals surface area contributed by atoms with Gasteiger partial charge in [0.1, 0.15) is 23.4 Å². The fraction of sp³-hybridized carbons (Fsp3) is 0.0455. The highest BCUT2D eigenvalue weighted by molar-refractivity contribution is 6.04. The molecular weight excluding hydrogens is 357 g/mol. The van der Waals surface area contributed by atoms with Gasteiger partial charge in [0.15, 0.2) is 0 Å². The number of fused-ring (bicyclic) bond motifs is 1. The van der Waals surface area contributed by atoms with Crippen LogP contribution in [0.25, 0.3) is 10.9 Å². The lowest BCUT2D eigenvalue weighted by Crippen LogP contribution is -2.11. The molecule has 4 rings (SSSR count). The van der Waals surface area contributed by atoms with E-state index >= 15 is 0 Å². The van der Waals surface area contributed by atoms with Gasteiger partial charge >= 0.3 is 0 Å². The van der Waals surface area contributed by atoms with Crippen LogP contribution in [0.15, 0.2) is 73.1 Å². The molecule has 1 heterocycles. The molecule has 4 aromatic rings. The van der Waals surface area contributed by atoms with Crippen molar-refractivity contribution in [2.75, 3.05) is 5.32 Å². The minimum Gasteiger partial charge on any atom is -0.438 e. The van der Waals surface area contributed by atoms with Gasteiger partial charge in [-0.05, 0) is 49.4 Å². The van der Waals surface area contributed by atoms with Crippen LogP contribution in [0.2, 0.25) is 0 Å². The van der Waals surface area contributed by atoms with Crippen LogP contribution in [0.4, 0.5) is 10.1 Å². The lowest BCUT2D eigenvalue weighted by Gasteiger charge is -2.10. The van der Waals surface area contributed by atoms with E-state index in [9.17, 15) is 9.18 Å². The Morgan fingerprint density at radius 3 is 2.61 bits per heavy atom. The Labute approximate surface area is 160 Å². The fourth-order valence-electron chi connectivity index (χ4n) is 2.76. The van der Waals surface area contributed by atoms with E-state index in [4.69, 9.17) is 4.74 Å². The Morgan fingerprint density at radius 2 is 1.79 bits per heavy atom. The standard InChI is InChI=1S/C22H16FN3O2/c1-14-8-10-16(11-9-14)26-21(27)15-4-2-5-17(12-15)28-22-18-6-3-7-19(23)20(18)24-13-25-22/h2-13H,1H3,(H,26,27). The number of hydrogen-bond acceptors (Lipinski definition) is 4. The molecule has 138 valence electrons. The van der Waals surface area contributed by atoms with Crippen molar-refractivity contribution in [3.05, 3.63) is 90.0 Å². The summed E-state index contributed by atoms with van der Waals surface area (Å²) >= 11 is 0. The molecule has 1 aromatic heterocycles. The van der Waals surface area contributed by atoms with Gasteiger partial charge in [-0.1, -0.05) is 29.8 Å². The number of hydrogen-bond donors (Lipinski definition) is 1. The maximum Gasteiger partial charge on any atom is 0.255 e. The number of carbonyl (C=O) groups is 1. The van der Waals surface area contributed by atoms with Crippen molar-refractivity contribution >= 4 is 22.5 Å². The van der Waals surface area contributed by atoms with Crippen LogP contribution in [-0.2, 0) is 0 Å². The molecule has 0 saturated heterocycles. The van der Waals surface area contributed by atoms with E-state index in [1.54, 1.807) is 36.4 Å². The van der Waals surface area contributed by atoms with Crippen molar-refractivity contribution in [2.24, 2.45) is 0 Å². The number of aryl methyl sites for hydroxylation is 1. The summed E-state index contributed by atoms with van der Waals surface area (Å²) in [6.07, 6.45) is 1.24. The largest absolute Gasteiger partial charge is 0.438 e. The summed E-state index contributed by atoms with van der Waals surface area (Å²) in [5, 5.41) is 3.30. The van der Waals surface area contributed by atoms with E-state index in [-0.39, 0.29) is 17.3 Å². The number of aromatic nitrogens is 2. The van der Waals surface area contributed by atoms with Gasteiger partial charge in [0.25, 0.3) is 5.91 Å². The summed E-state index contributed by atoms with van der Waals surface area (Å²) in [5.74, 6) is -0.0646. The van der Waals surface area contributed by atoms with Crippen LogP contribution in [0.3, 0.4) is 0 Å². The highest BCUT2D eigenvalue weighted by atomic mass is 19.1. The number of carbonyl (C=O) groups excluding carboxylic acids is 1. The van der Waals surface area contributed by atoms with Crippen LogP contribution in [0, 0.1) is 12.7 Å². The molecule has 0 spiro atoms. The van der Waals surface area contributed by atoms with Gasteiger partial charge in [-0.2, -0.15) is 0 Å². The zero-order valence-corrected chi connectivity index (χ0v) is 15.0. The molecular formula is C22H16FN3O2. The summed E-state index contributed by atoms with van der Waals surface area (Å²) in [6.45, 7) is 1.98. The molecule has 6 heteroatoms. The highest BCUT2D eigenvalue weighted by Gasteiger charge is 2.11. The minimum absolute atomic E-state index is 0.181. The highest BCUT2D eigenvalue weighted by Crippen LogP contribution is 2.28. The fourth-order valence-corrected chi connectivity index (χ4v) is 2.76. The van der Waals surface area contributed by atoms with E-state index in [2.05, 4.69) is 15.3 Å². The molecule has 28 heavy (non-hydrogen) atoms. The van der Waals surface area contributed by atoms with Gasteiger partial charge in [0.2, 0.25) is 5.88 Å². The topological polar surface area (TPSA) is 64.1 Å². The van der Waals surface area contributed by atoms with Crippen molar-refractivity contribution in [3.8, 4) is 11.6 Å². The maximum absolute atomic E-state index is 13.9. The number of nitrogens with one attached hydrogen (secondary N) is 1. The van der Waals surface area contributed by atoms with Crippen LogP contribution in [0.5, 0.6) is 11.6 Å². The predicted octanol–water partition coefficient (Wildman–Crippen LogP) is 5.12. The number of amides is 1. The SMILES string of the molecule is Cc1ccc(NC(=O)c2cccc(Oc3ncnc4c(F)cccc34)c2)cc1. The van der Waals surface area contributed by atoms with Gasteiger partial charge in [0.05, 0.1) is 5.39 Å². The molecule has 0 unspecified atom stereocenters. The molecule has 0 radical (unpaired) electrons. The molecule has 0 aliphatic carbocycles. The number of anilines is 1. The van der Waals surface area contributed by atoms with Crippen LogP contribution >= 0.6 is 0 Å². The van der Waals surface area contributed by atoms with Gasteiger partial charge in [-0.3, -0.25) is 4.79 Å². The predicted molar refractivity (Wildman–Crippen MR) is 105 cm³/mol. The molecule has 0 saturated carbocycles. The van der Waals surface area contributed by atoms with Crippen LogP contribution in [-0.4, -0.2) is 15.9 Å². The van der Waals surface area contributed by atoms with Gasteiger partial charge in [-0.15, -0.1) is 0 Å². The van der Waals surface area contributed by atoms with Crippen molar-refractivity contribution in [1.29, 1.82) is 0 Å². The Bertz CT molecular complexity index is 1160. The van der Waals surface area contributed by atoms with Gasteiger partial charge in [-0.25, -0.2) is 14.4 Å². The molecule has 1 N–H and O–H groups in total. The summed E-state index contributed by atoms with van der Waals surface area (Å²) in [4.78, 5) is 20.6. The number of ether oxygens (including phenoxy) is 1. The van der Waals surface area contributed by atoms with Crippen LogP contribution in [0.1, 0.15) is 15.9 Å². The molecule has 3 aromatic carbocycles. The smallest absolute Gasteiger partial charge is 0.255 e. The third-order valence-electron chi connectivity index (χ3n) is 4.20. The summed E-state index contributed by atoms with van der Waals surface area (Å²) < 4.78 is 19.7. The maximum atomic E-state index is 13.9. The van der Waals surface area contributed by atoms with E-state index in [1.807, 2.05) is 31.2 Å². The van der Waals surface area contributed by atoms with E-state index in [0.29, 0.717) is 22.4 Å². The first-order valence-electron chi connectivity index (χ1n) is 8.65. The Balaban J connectivity index is 1.58. The monoisotopic (exact) mass is 373 g/mol. The molecule has 1 amide bonds. The Morgan fingerprint density at radius 1 is 1.00 bits per heavy atom. The minimum atomic E-state index is -0.448. The van der Waals surface area contributed by atoms with E-state index < -0.39 is 5.82 Å². The first-order chi connectivity index (χ1) is 13.6.